The van der Waals surface area contributed by atoms with Crippen LogP contribution >= 0.6 is 12.6 Å². The lowest BCUT2D eigenvalue weighted by molar-refractivity contribution is -0.116. The van der Waals surface area contributed by atoms with Crippen LogP contribution in [0.4, 0.5) is 13.2 Å². The molecule has 14 heavy (non-hydrogen) atoms. The molecule has 0 aromatic carbocycles. The van der Waals surface area contributed by atoms with E-state index in [1.165, 1.54) is 0 Å². The minimum absolute atomic E-state index is 0.221. The summed E-state index contributed by atoms with van der Waals surface area (Å²) in [6.07, 6.45) is -4.71. The van der Waals surface area contributed by atoms with Crippen molar-refractivity contribution in [3.8, 4) is 0 Å². The normalized spacial score (nSPS) is 27.1. The van der Waals surface area contributed by atoms with Crippen LogP contribution in [0.1, 0.15) is 19.8 Å². The molecule has 0 radical (unpaired) electrons. The average Bonchev–Trinajstić information content (AvgIpc) is 2.47. The first kappa shape index (κ1) is 11.4. The molecule has 0 fully saturated rings. The van der Waals surface area contributed by atoms with Crippen LogP contribution in [0.3, 0.4) is 0 Å². The van der Waals surface area contributed by atoms with Crippen LogP contribution < -0.4 is 5.43 Å². The average molecular weight is 226 g/mol. The summed E-state index contributed by atoms with van der Waals surface area (Å²) in [6.45, 7) is 1.61. The molecule has 0 saturated heterocycles. The van der Waals surface area contributed by atoms with Crippen molar-refractivity contribution in [3.63, 3.8) is 0 Å². The maximum Gasteiger partial charge on any atom is 0.431 e. The number of hydrazone groups is 1. The molecule has 0 aliphatic carbocycles. The zero-order chi connectivity index (χ0) is 11.0. The molecule has 3 nitrogen and oxygen atoms in total. The third kappa shape index (κ3) is 1.87. The van der Waals surface area contributed by atoms with E-state index < -0.39 is 29.0 Å². The highest BCUT2D eigenvalue weighted by Gasteiger charge is 2.48. The molecular formula is C7H9F3N2OS. The first-order valence-corrected chi connectivity index (χ1v) is 4.41. The number of rotatable bonds is 2. The topological polar surface area (TPSA) is 41.5 Å². The standard InChI is InChI=1S/C7H9F3N2OS/c1-2-6(5(13)14)3-4(11-12-6)7(8,9)10/h12H,2-3H2,1H3,(H,13,14). The lowest BCUT2D eigenvalue weighted by Crippen LogP contribution is -2.45. The van der Waals surface area contributed by atoms with Gasteiger partial charge < -0.3 is 0 Å². The number of carbonyl (C=O) groups is 1. The van der Waals surface area contributed by atoms with E-state index in [2.05, 4.69) is 23.2 Å². The molecule has 1 aliphatic heterocycles. The van der Waals surface area contributed by atoms with Gasteiger partial charge in [-0.3, -0.25) is 10.2 Å². The van der Waals surface area contributed by atoms with Crippen molar-refractivity contribution >= 4 is 23.5 Å². The van der Waals surface area contributed by atoms with Gasteiger partial charge in [0.2, 0.25) is 5.12 Å². The van der Waals surface area contributed by atoms with Gasteiger partial charge in [-0.25, -0.2) is 0 Å². The van der Waals surface area contributed by atoms with E-state index in [1.54, 1.807) is 6.92 Å². The molecule has 0 saturated carbocycles. The second-order valence-corrected chi connectivity index (χ2v) is 3.49. The number of halogens is 3. The predicted octanol–water partition coefficient (Wildman–Crippen LogP) is 1.50. The van der Waals surface area contributed by atoms with E-state index >= 15 is 0 Å². The van der Waals surface area contributed by atoms with Crippen LogP contribution in [0.25, 0.3) is 0 Å². The first-order valence-electron chi connectivity index (χ1n) is 3.96. The van der Waals surface area contributed by atoms with E-state index in [0.29, 0.717) is 0 Å². The van der Waals surface area contributed by atoms with Gasteiger partial charge in [0.15, 0.2) is 0 Å². The van der Waals surface area contributed by atoms with Gasteiger partial charge in [-0.15, -0.1) is 12.6 Å². The lowest BCUT2D eigenvalue weighted by atomic mass is 9.93. The molecule has 7 heteroatoms. The fourth-order valence-electron chi connectivity index (χ4n) is 1.18. The zero-order valence-electron chi connectivity index (χ0n) is 7.35. The summed E-state index contributed by atoms with van der Waals surface area (Å²) in [5.74, 6) is 0. The Bertz CT molecular complexity index is 289. The number of hydrogen-bond acceptors (Lipinski definition) is 3. The van der Waals surface area contributed by atoms with Crippen molar-refractivity contribution in [2.75, 3.05) is 0 Å². The highest BCUT2D eigenvalue weighted by Crippen LogP contribution is 2.31. The molecule has 1 N–H and O–H groups in total. The van der Waals surface area contributed by atoms with Crippen LogP contribution in [0.5, 0.6) is 0 Å². The van der Waals surface area contributed by atoms with Gasteiger partial charge in [-0.2, -0.15) is 18.3 Å². The van der Waals surface area contributed by atoms with E-state index in [4.69, 9.17) is 0 Å². The highest BCUT2D eigenvalue weighted by atomic mass is 32.1. The number of thiol groups is 1. The van der Waals surface area contributed by atoms with Crippen LogP contribution in [0.15, 0.2) is 5.10 Å². The maximum atomic E-state index is 12.2. The smallest absolute Gasteiger partial charge is 0.295 e. The minimum atomic E-state index is -4.48. The molecule has 0 bridgehead atoms. The summed E-state index contributed by atoms with van der Waals surface area (Å²) in [7, 11) is 0. The molecule has 1 unspecified atom stereocenters. The molecule has 0 amide bonds. The SMILES string of the molecule is CCC1(C(=O)S)CC(C(F)(F)F)=NN1. The zero-order valence-corrected chi connectivity index (χ0v) is 8.25. The Balaban J connectivity index is 2.83. The number of nitrogens with one attached hydrogen (secondary N) is 1. The van der Waals surface area contributed by atoms with Gasteiger partial charge in [0.05, 0.1) is 0 Å². The highest BCUT2D eigenvalue weighted by molar-refractivity contribution is 7.96. The summed E-state index contributed by atoms with van der Waals surface area (Å²) in [6, 6.07) is 0. The fraction of sp³-hybridized carbons (Fsp3) is 0.714. The van der Waals surface area contributed by atoms with Crippen molar-refractivity contribution in [2.24, 2.45) is 5.10 Å². The third-order valence-corrected chi connectivity index (χ3v) is 2.64. The third-order valence-electron chi connectivity index (χ3n) is 2.21. The summed E-state index contributed by atoms with van der Waals surface area (Å²) >= 11 is 3.55. The van der Waals surface area contributed by atoms with Gasteiger partial charge >= 0.3 is 6.18 Å². The number of hydrogen-bond donors (Lipinski definition) is 2. The molecule has 0 aromatic heterocycles. The number of carbonyl (C=O) groups excluding carboxylic acids is 1. The maximum absolute atomic E-state index is 12.2. The molecular weight excluding hydrogens is 217 g/mol. The van der Waals surface area contributed by atoms with Gasteiger partial charge in [-0.05, 0) is 6.42 Å². The summed E-state index contributed by atoms with van der Waals surface area (Å²) in [4.78, 5) is 11.0. The van der Waals surface area contributed by atoms with Crippen molar-refractivity contribution in [1.29, 1.82) is 0 Å². The van der Waals surface area contributed by atoms with Gasteiger partial charge in [0.25, 0.3) is 0 Å². The van der Waals surface area contributed by atoms with Crippen LogP contribution in [0, 0.1) is 0 Å². The van der Waals surface area contributed by atoms with Gasteiger partial charge in [-0.1, -0.05) is 6.92 Å². The van der Waals surface area contributed by atoms with Crippen molar-refractivity contribution < 1.29 is 18.0 Å². The molecule has 0 aromatic rings. The molecule has 1 rings (SSSR count). The Labute approximate surface area is 84.2 Å². The van der Waals surface area contributed by atoms with Crippen LogP contribution in [0.2, 0.25) is 0 Å². The monoisotopic (exact) mass is 226 g/mol. The Kier molecular flexibility index (Phi) is 2.80. The first-order chi connectivity index (χ1) is 6.32. The molecule has 80 valence electrons. The summed E-state index contributed by atoms with van der Waals surface area (Å²) in [5, 5.41) is 2.50. The summed E-state index contributed by atoms with van der Waals surface area (Å²) in [5.41, 5.74) is -0.0226. The fourth-order valence-corrected chi connectivity index (χ4v) is 1.47. The molecule has 0 spiro atoms. The molecule has 1 heterocycles. The van der Waals surface area contributed by atoms with Crippen LogP contribution in [-0.4, -0.2) is 22.5 Å². The van der Waals surface area contributed by atoms with E-state index in [-0.39, 0.29) is 6.42 Å². The number of alkyl halides is 3. The lowest BCUT2D eigenvalue weighted by Gasteiger charge is -2.22. The Morgan fingerprint density at radius 1 is 1.71 bits per heavy atom. The summed E-state index contributed by atoms with van der Waals surface area (Å²) < 4.78 is 36.6. The van der Waals surface area contributed by atoms with Gasteiger partial charge in [0.1, 0.15) is 11.3 Å². The van der Waals surface area contributed by atoms with Gasteiger partial charge in [0, 0.05) is 6.42 Å². The molecule has 1 aliphatic rings. The van der Waals surface area contributed by atoms with E-state index in [1.807, 2.05) is 0 Å². The minimum Gasteiger partial charge on any atom is -0.295 e. The van der Waals surface area contributed by atoms with Crippen molar-refractivity contribution in [3.05, 3.63) is 0 Å². The van der Waals surface area contributed by atoms with Crippen LogP contribution in [-0.2, 0) is 4.79 Å². The van der Waals surface area contributed by atoms with Crippen molar-refractivity contribution in [1.82, 2.24) is 5.43 Å². The number of nitrogens with zero attached hydrogens (tertiary/aromatic N) is 1. The largest absolute Gasteiger partial charge is 0.431 e. The second kappa shape index (κ2) is 3.45. The van der Waals surface area contributed by atoms with E-state index in [0.717, 1.165) is 0 Å². The predicted molar refractivity (Wildman–Crippen MR) is 48.3 cm³/mol. The second-order valence-electron chi connectivity index (χ2n) is 3.09. The quantitative estimate of drug-likeness (QED) is 0.701. The van der Waals surface area contributed by atoms with Crippen molar-refractivity contribution in [2.45, 2.75) is 31.5 Å². The Morgan fingerprint density at radius 3 is 2.50 bits per heavy atom. The Morgan fingerprint density at radius 2 is 2.29 bits per heavy atom. The van der Waals surface area contributed by atoms with E-state index in [9.17, 15) is 18.0 Å². The Hall–Kier alpha value is -0.720. The molecule has 1 atom stereocenters.